The fourth-order valence-corrected chi connectivity index (χ4v) is 4.81. The minimum Gasteiger partial charge on any atom is -0.378 e. The molecule has 1 aliphatic carbocycles. The summed E-state index contributed by atoms with van der Waals surface area (Å²) in [5.74, 6) is 0.759. The predicted octanol–water partition coefficient (Wildman–Crippen LogP) is 5.51. The highest BCUT2D eigenvalue weighted by atomic mass is 35.5. The van der Waals surface area contributed by atoms with Crippen LogP contribution < -0.4 is 15.5 Å². The van der Waals surface area contributed by atoms with Crippen LogP contribution >= 0.6 is 11.6 Å². The molecule has 1 amide bonds. The van der Waals surface area contributed by atoms with Gasteiger partial charge in [0.05, 0.1) is 29.6 Å². The maximum Gasteiger partial charge on any atom is 0.227 e. The average Bonchev–Trinajstić information content (AvgIpc) is 3.41. The summed E-state index contributed by atoms with van der Waals surface area (Å²) in [6.07, 6.45) is 5.99. The number of nitrogens with one attached hydrogen (secondary N) is 2. The number of halogens is 1. The fourth-order valence-electron chi connectivity index (χ4n) is 4.51. The van der Waals surface area contributed by atoms with E-state index in [0.717, 1.165) is 67.1 Å². The van der Waals surface area contributed by atoms with Gasteiger partial charge in [-0.25, -0.2) is 9.97 Å². The van der Waals surface area contributed by atoms with Crippen molar-refractivity contribution < 1.29 is 9.53 Å². The maximum atomic E-state index is 12.4. The standard InChI is InChI=1S/C26H28ClN5O2/c27-22-17-21(9-10-24(22)32-13-15-34-16-14-32)30-26-28-12-11-23(31-26)18-5-7-20(8-6-18)29-25(33)19-3-1-2-4-19/h5-12,17,19H,1-4,13-16H2,(H,29,33)(H,28,30,31). The van der Waals surface area contributed by atoms with Gasteiger partial charge in [0.1, 0.15) is 0 Å². The van der Waals surface area contributed by atoms with Gasteiger partial charge in [-0.2, -0.15) is 0 Å². The largest absolute Gasteiger partial charge is 0.378 e. The topological polar surface area (TPSA) is 79.4 Å². The zero-order chi connectivity index (χ0) is 23.3. The van der Waals surface area contributed by atoms with Crippen LogP contribution in [0.4, 0.5) is 23.0 Å². The Hall–Kier alpha value is -3.16. The molecule has 7 nitrogen and oxygen atoms in total. The molecule has 1 saturated carbocycles. The van der Waals surface area contributed by atoms with Crippen molar-refractivity contribution in [1.29, 1.82) is 0 Å². The number of nitrogens with zero attached hydrogens (tertiary/aromatic N) is 3. The summed E-state index contributed by atoms with van der Waals surface area (Å²) in [6, 6.07) is 15.5. The van der Waals surface area contributed by atoms with Crippen LogP contribution in [0.5, 0.6) is 0 Å². The Balaban J connectivity index is 1.25. The molecule has 0 atom stereocenters. The molecule has 3 aromatic rings. The van der Waals surface area contributed by atoms with E-state index in [1.54, 1.807) is 6.20 Å². The molecule has 176 valence electrons. The zero-order valence-corrected chi connectivity index (χ0v) is 19.7. The van der Waals surface area contributed by atoms with E-state index in [1.165, 1.54) is 0 Å². The Labute approximate surface area is 204 Å². The second-order valence-corrected chi connectivity index (χ2v) is 9.11. The third kappa shape index (κ3) is 5.32. The van der Waals surface area contributed by atoms with E-state index in [4.69, 9.17) is 16.3 Å². The number of anilines is 4. The number of amides is 1. The number of aromatic nitrogens is 2. The minimum atomic E-state index is 0.122. The normalized spacial score (nSPS) is 16.4. The monoisotopic (exact) mass is 477 g/mol. The molecule has 1 aliphatic heterocycles. The molecule has 0 spiro atoms. The van der Waals surface area contributed by atoms with Crippen molar-refractivity contribution in [2.45, 2.75) is 25.7 Å². The molecule has 5 rings (SSSR count). The Bertz CT molecular complexity index is 1140. The lowest BCUT2D eigenvalue weighted by Gasteiger charge is -2.29. The molecule has 8 heteroatoms. The minimum absolute atomic E-state index is 0.122. The highest BCUT2D eigenvalue weighted by molar-refractivity contribution is 6.33. The number of morpholine rings is 1. The Kier molecular flexibility index (Phi) is 6.92. The van der Waals surface area contributed by atoms with E-state index in [0.29, 0.717) is 24.2 Å². The molecule has 0 radical (unpaired) electrons. The molecule has 1 saturated heterocycles. The van der Waals surface area contributed by atoms with Gasteiger partial charge in [-0.3, -0.25) is 4.79 Å². The van der Waals surface area contributed by atoms with Crippen LogP contribution in [0.15, 0.2) is 54.7 Å². The van der Waals surface area contributed by atoms with Crippen molar-refractivity contribution in [3.05, 3.63) is 59.8 Å². The van der Waals surface area contributed by atoms with Gasteiger partial charge in [0.25, 0.3) is 0 Å². The number of hydrogen-bond acceptors (Lipinski definition) is 6. The van der Waals surface area contributed by atoms with Crippen LogP contribution in [0.1, 0.15) is 25.7 Å². The van der Waals surface area contributed by atoms with Gasteiger partial charge in [0.2, 0.25) is 11.9 Å². The molecule has 0 unspecified atom stereocenters. The van der Waals surface area contributed by atoms with Gasteiger partial charge in [0.15, 0.2) is 0 Å². The van der Waals surface area contributed by atoms with Crippen LogP contribution in [0.2, 0.25) is 5.02 Å². The Morgan fingerprint density at radius 3 is 2.47 bits per heavy atom. The molecule has 2 fully saturated rings. The number of carbonyl (C=O) groups is 1. The molecule has 2 aromatic carbocycles. The number of benzene rings is 2. The van der Waals surface area contributed by atoms with E-state index < -0.39 is 0 Å². The first-order chi connectivity index (χ1) is 16.7. The van der Waals surface area contributed by atoms with Crippen LogP contribution in [-0.4, -0.2) is 42.2 Å². The summed E-state index contributed by atoms with van der Waals surface area (Å²) >= 11 is 6.56. The lowest BCUT2D eigenvalue weighted by Crippen LogP contribution is -2.36. The quantitative estimate of drug-likeness (QED) is 0.487. The van der Waals surface area contributed by atoms with Crippen molar-refractivity contribution in [2.75, 3.05) is 41.8 Å². The van der Waals surface area contributed by atoms with Gasteiger partial charge in [-0.1, -0.05) is 36.6 Å². The van der Waals surface area contributed by atoms with Gasteiger partial charge in [-0.05, 0) is 49.2 Å². The summed E-state index contributed by atoms with van der Waals surface area (Å²) in [6.45, 7) is 3.09. The van der Waals surface area contributed by atoms with Crippen molar-refractivity contribution in [3.8, 4) is 11.3 Å². The summed E-state index contributed by atoms with van der Waals surface area (Å²) in [7, 11) is 0. The van der Waals surface area contributed by atoms with E-state index >= 15 is 0 Å². The third-order valence-corrected chi connectivity index (χ3v) is 6.69. The predicted molar refractivity (Wildman–Crippen MR) is 136 cm³/mol. The lowest BCUT2D eigenvalue weighted by atomic mass is 10.1. The average molecular weight is 478 g/mol. The van der Waals surface area contributed by atoms with Crippen LogP contribution in [0.25, 0.3) is 11.3 Å². The first-order valence-electron chi connectivity index (χ1n) is 11.8. The fraction of sp³-hybridized carbons (Fsp3) is 0.346. The van der Waals surface area contributed by atoms with Crippen molar-refractivity contribution >= 4 is 40.5 Å². The molecule has 2 heterocycles. The molecular formula is C26H28ClN5O2. The number of hydrogen-bond donors (Lipinski definition) is 2. The third-order valence-electron chi connectivity index (χ3n) is 6.39. The molecule has 2 N–H and O–H groups in total. The summed E-state index contributed by atoms with van der Waals surface area (Å²) in [4.78, 5) is 23.6. The van der Waals surface area contributed by atoms with Gasteiger partial charge < -0.3 is 20.3 Å². The molecule has 34 heavy (non-hydrogen) atoms. The summed E-state index contributed by atoms with van der Waals surface area (Å²) in [5.41, 5.74) is 4.38. The van der Waals surface area contributed by atoms with Gasteiger partial charge in [0, 0.05) is 42.1 Å². The smallest absolute Gasteiger partial charge is 0.227 e. The highest BCUT2D eigenvalue weighted by Gasteiger charge is 2.22. The highest BCUT2D eigenvalue weighted by Crippen LogP contribution is 2.31. The second kappa shape index (κ2) is 10.4. The first-order valence-corrected chi connectivity index (χ1v) is 12.2. The van der Waals surface area contributed by atoms with Crippen LogP contribution in [0, 0.1) is 5.92 Å². The maximum absolute atomic E-state index is 12.4. The Morgan fingerprint density at radius 2 is 1.74 bits per heavy atom. The summed E-state index contributed by atoms with van der Waals surface area (Å²) < 4.78 is 5.42. The molecule has 1 aromatic heterocycles. The van der Waals surface area contributed by atoms with Crippen molar-refractivity contribution in [2.24, 2.45) is 5.92 Å². The SMILES string of the molecule is O=C(Nc1ccc(-c2ccnc(Nc3ccc(N4CCOCC4)c(Cl)c3)n2)cc1)C1CCCC1. The van der Waals surface area contributed by atoms with Crippen molar-refractivity contribution in [1.82, 2.24) is 9.97 Å². The van der Waals surface area contributed by atoms with E-state index in [1.807, 2.05) is 48.5 Å². The molecule has 0 bridgehead atoms. The second-order valence-electron chi connectivity index (χ2n) is 8.70. The molecular weight excluding hydrogens is 450 g/mol. The van der Waals surface area contributed by atoms with E-state index in [2.05, 4.69) is 25.5 Å². The van der Waals surface area contributed by atoms with Gasteiger partial charge >= 0.3 is 0 Å². The van der Waals surface area contributed by atoms with Crippen LogP contribution in [-0.2, 0) is 9.53 Å². The summed E-state index contributed by atoms with van der Waals surface area (Å²) in [5, 5.41) is 6.96. The van der Waals surface area contributed by atoms with Gasteiger partial charge in [-0.15, -0.1) is 0 Å². The number of ether oxygens (including phenoxy) is 1. The van der Waals surface area contributed by atoms with E-state index in [-0.39, 0.29) is 11.8 Å². The number of rotatable bonds is 6. The lowest BCUT2D eigenvalue weighted by molar-refractivity contribution is -0.119. The van der Waals surface area contributed by atoms with Crippen LogP contribution in [0.3, 0.4) is 0 Å². The Morgan fingerprint density at radius 1 is 1.00 bits per heavy atom. The molecule has 2 aliphatic rings. The number of carbonyl (C=O) groups excluding carboxylic acids is 1. The van der Waals surface area contributed by atoms with Crippen molar-refractivity contribution in [3.63, 3.8) is 0 Å². The van der Waals surface area contributed by atoms with E-state index in [9.17, 15) is 4.79 Å². The first kappa shape index (κ1) is 22.6. The zero-order valence-electron chi connectivity index (χ0n) is 19.0.